The molecule has 4 heteroatoms. The quantitative estimate of drug-likeness (QED) is 0.913. The van der Waals surface area contributed by atoms with E-state index in [1.54, 1.807) is 6.20 Å². The number of hydrogen-bond acceptors (Lipinski definition) is 4. The van der Waals surface area contributed by atoms with Crippen molar-refractivity contribution in [3.8, 4) is 11.3 Å². The van der Waals surface area contributed by atoms with Gasteiger partial charge in [0.1, 0.15) is 0 Å². The van der Waals surface area contributed by atoms with Crippen LogP contribution in [0, 0.1) is 0 Å². The fourth-order valence-electron chi connectivity index (χ4n) is 2.37. The third kappa shape index (κ3) is 2.29. The van der Waals surface area contributed by atoms with E-state index in [9.17, 15) is 0 Å². The molecule has 0 atom stereocenters. The molecule has 1 saturated carbocycles. The fraction of sp³-hybridized carbons (Fsp3) is 0.400. The van der Waals surface area contributed by atoms with Crippen LogP contribution >= 0.6 is 0 Å². The lowest BCUT2D eigenvalue weighted by Gasteiger charge is -2.00. The van der Waals surface area contributed by atoms with Crippen LogP contribution < -0.4 is 5.32 Å². The van der Waals surface area contributed by atoms with E-state index in [1.807, 2.05) is 0 Å². The Labute approximate surface area is 111 Å². The van der Waals surface area contributed by atoms with Crippen LogP contribution in [0.25, 0.3) is 11.3 Å². The third-order valence-electron chi connectivity index (χ3n) is 3.68. The summed E-state index contributed by atoms with van der Waals surface area (Å²) in [5, 5.41) is 3.40. The summed E-state index contributed by atoms with van der Waals surface area (Å²) >= 11 is 0. The summed E-state index contributed by atoms with van der Waals surface area (Å²) < 4.78 is 11.2. The minimum atomic E-state index is 0.674. The van der Waals surface area contributed by atoms with Gasteiger partial charge in [-0.2, -0.15) is 0 Å². The SMILES string of the molecule is c1cc2c(cc1-c1cnc(CNC3CC3)o1)COC2. The molecule has 1 aliphatic heterocycles. The van der Waals surface area contributed by atoms with Gasteiger partial charge in [-0.3, -0.25) is 0 Å². The molecule has 0 unspecified atom stereocenters. The summed E-state index contributed by atoms with van der Waals surface area (Å²) in [5.41, 5.74) is 3.61. The van der Waals surface area contributed by atoms with Crippen molar-refractivity contribution < 1.29 is 9.15 Å². The molecule has 2 aromatic rings. The van der Waals surface area contributed by atoms with Gasteiger partial charge in [-0.15, -0.1) is 0 Å². The lowest BCUT2D eigenvalue weighted by atomic mass is 10.1. The Morgan fingerprint density at radius 3 is 3.00 bits per heavy atom. The fourth-order valence-corrected chi connectivity index (χ4v) is 2.37. The smallest absolute Gasteiger partial charge is 0.208 e. The van der Waals surface area contributed by atoms with Gasteiger partial charge in [0.15, 0.2) is 5.76 Å². The van der Waals surface area contributed by atoms with Gasteiger partial charge in [0.25, 0.3) is 0 Å². The first-order valence-corrected chi connectivity index (χ1v) is 6.76. The maximum absolute atomic E-state index is 5.79. The van der Waals surface area contributed by atoms with Gasteiger partial charge in [-0.1, -0.05) is 12.1 Å². The van der Waals surface area contributed by atoms with Crippen LogP contribution in [-0.2, 0) is 24.5 Å². The molecule has 0 saturated heterocycles. The molecule has 1 aromatic heterocycles. The Hall–Kier alpha value is -1.65. The highest BCUT2D eigenvalue weighted by Gasteiger charge is 2.21. The van der Waals surface area contributed by atoms with Gasteiger partial charge >= 0.3 is 0 Å². The molecule has 19 heavy (non-hydrogen) atoms. The first-order chi connectivity index (χ1) is 9.38. The second kappa shape index (κ2) is 4.47. The number of benzene rings is 1. The van der Waals surface area contributed by atoms with Crippen molar-refractivity contribution in [2.24, 2.45) is 0 Å². The minimum absolute atomic E-state index is 0.674. The van der Waals surface area contributed by atoms with Gasteiger partial charge in [-0.25, -0.2) is 4.98 Å². The number of nitrogens with zero attached hydrogens (tertiary/aromatic N) is 1. The minimum Gasteiger partial charge on any atom is -0.439 e. The Morgan fingerprint density at radius 1 is 1.21 bits per heavy atom. The standard InChI is InChI=1S/C15H16N2O2/c1-2-11-8-18-9-12(11)5-10(1)14-6-17-15(19-14)7-16-13-3-4-13/h1-2,5-6,13,16H,3-4,7-9H2. The topological polar surface area (TPSA) is 47.3 Å². The molecule has 1 fully saturated rings. The Bertz CT molecular complexity index is 602. The number of fused-ring (bicyclic) bond motifs is 1. The number of nitrogens with one attached hydrogen (secondary N) is 1. The van der Waals surface area contributed by atoms with Crippen molar-refractivity contribution in [1.29, 1.82) is 0 Å². The zero-order chi connectivity index (χ0) is 12.7. The van der Waals surface area contributed by atoms with Crippen LogP contribution in [0.5, 0.6) is 0 Å². The molecule has 2 aliphatic rings. The van der Waals surface area contributed by atoms with Crippen LogP contribution in [0.4, 0.5) is 0 Å². The Kier molecular flexibility index (Phi) is 2.64. The molecule has 1 aromatic carbocycles. The van der Waals surface area contributed by atoms with Crippen LogP contribution in [0.3, 0.4) is 0 Å². The molecule has 98 valence electrons. The monoisotopic (exact) mass is 256 g/mol. The molecular formula is C15H16N2O2. The Morgan fingerprint density at radius 2 is 2.11 bits per heavy atom. The number of ether oxygens (including phenoxy) is 1. The molecular weight excluding hydrogens is 240 g/mol. The highest BCUT2D eigenvalue weighted by Crippen LogP contribution is 2.27. The molecule has 4 nitrogen and oxygen atoms in total. The van der Waals surface area contributed by atoms with Gasteiger partial charge < -0.3 is 14.5 Å². The van der Waals surface area contributed by atoms with Gasteiger partial charge in [0.05, 0.1) is 26.0 Å². The molecule has 0 spiro atoms. The summed E-state index contributed by atoms with van der Waals surface area (Å²) in [6.45, 7) is 2.15. The van der Waals surface area contributed by atoms with E-state index < -0.39 is 0 Å². The van der Waals surface area contributed by atoms with Crippen LogP contribution in [0.1, 0.15) is 29.9 Å². The van der Waals surface area contributed by atoms with Crippen molar-refractivity contribution in [3.05, 3.63) is 41.4 Å². The lowest BCUT2D eigenvalue weighted by Crippen LogP contribution is -2.15. The molecule has 0 bridgehead atoms. The third-order valence-corrected chi connectivity index (χ3v) is 3.68. The van der Waals surface area contributed by atoms with E-state index in [1.165, 1.54) is 24.0 Å². The highest BCUT2D eigenvalue weighted by atomic mass is 16.5. The number of aromatic nitrogens is 1. The summed E-state index contributed by atoms with van der Waals surface area (Å²) in [4.78, 5) is 4.33. The number of oxazole rings is 1. The first kappa shape index (κ1) is 11.2. The maximum Gasteiger partial charge on any atom is 0.208 e. The van der Waals surface area contributed by atoms with E-state index in [0.29, 0.717) is 12.6 Å². The maximum atomic E-state index is 5.79. The van der Waals surface area contributed by atoms with Crippen LogP contribution in [0.2, 0.25) is 0 Å². The number of hydrogen-bond donors (Lipinski definition) is 1. The molecule has 2 heterocycles. The van der Waals surface area contributed by atoms with Gasteiger partial charge in [0.2, 0.25) is 5.89 Å². The number of rotatable bonds is 4. The van der Waals surface area contributed by atoms with Gasteiger partial charge in [-0.05, 0) is 30.0 Å². The lowest BCUT2D eigenvalue weighted by molar-refractivity contribution is 0.134. The van der Waals surface area contributed by atoms with Crippen molar-refractivity contribution in [2.45, 2.75) is 38.6 Å². The van der Waals surface area contributed by atoms with E-state index >= 15 is 0 Å². The molecule has 0 amide bonds. The average Bonchev–Trinajstić information content (AvgIpc) is 2.96. The summed E-state index contributed by atoms with van der Waals surface area (Å²) in [6, 6.07) is 7.00. The van der Waals surface area contributed by atoms with Crippen LogP contribution in [-0.4, -0.2) is 11.0 Å². The van der Waals surface area contributed by atoms with Crippen molar-refractivity contribution in [2.75, 3.05) is 0 Å². The van der Waals surface area contributed by atoms with Crippen molar-refractivity contribution in [1.82, 2.24) is 10.3 Å². The summed E-state index contributed by atoms with van der Waals surface area (Å²) in [6.07, 6.45) is 4.36. The Balaban J connectivity index is 1.54. The van der Waals surface area contributed by atoms with Crippen LogP contribution in [0.15, 0.2) is 28.8 Å². The van der Waals surface area contributed by atoms with Crippen molar-refractivity contribution in [3.63, 3.8) is 0 Å². The zero-order valence-corrected chi connectivity index (χ0v) is 10.7. The normalized spacial score (nSPS) is 17.7. The molecule has 1 N–H and O–H groups in total. The van der Waals surface area contributed by atoms with E-state index in [0.717, 1.165) is 30.4 Å². The van der Waals surface area contributed by atoms with E-state index in [-0.39, 0.29) is 0 Å². The molecule has 0 radical (unpaired) electrons. The van der Waals surface area contributed by atoms with E-state index in [4.69, 9.17) is 9.15 Å². The van der Waals surface area contributed by atoms with Gasteiger partial charge in [0, 0.05) is 11.6 Å². The first-order valence-electron chi connectivity index (χ1n) is 6.76. The predicted molar refractivity (Wildman–Crippen MR) is 70.3 cm³/mol. The largest absolute Gasteiger partial charge is 0.439 e. The molecule has 4 rings (SSSR count). The highest BCUT2D eigenvalue weighted by molar-refractivity contribution is 5.59. The summed E-state index contributed by atoms with van der Waals surface area (Å²) in [5.74, 6) is 1.60. The average molecular weight is 256 g/mol. The molecule has 1 aliphatic carbocycles. The van der Waals surface area contributed by atoms with E-state index in [2.05, 4.69) is 28.5 Å². The zero-order valence-electron chi connectivity index (χ0n) is 10.7. The second-order valence-corrected chi connectivity index (χ2v) is 5.25. The predicted octanol–water partition coefficient (Wildman–Crippen LogP) is 2.62. The van der Waals surface area contributed by atoms with Crippen molar-refractivity contribution >= 4 is 0 Å². The second-order valence-electron chi connectivity index (χ2n) is 5.25. The summed E-state index contributed by atoms with van der Waals surface area (Å²) in [7, 11) is 0.